The van der Waals surface area contributed by atoms with Crippen molar-refractivity contribution in [3.8, 4) is 6.07 Å². The molecule has 0 radical (unpaired) electrons. The van der Waals surface area contributed by atoms with Crippen molar-refractivity contribution in [3.63, 3.8) is 0 Å². The Morgan fingerprint density at radius 1 is 1.14 bits per heavy atom. The Kier molecular flexibility index (Phi) is 7.23. The predicted molar refractivity (Wildman–Crippen MR) is 116 cm³/mol. The highest BCUT2D eigenvalue weighted by atomic mass is 35.5. The molecule has 0 saturated heterocycles. The summed E-state index contributed by atoms with van der Waals surface area (Å²) >= 11 is 7.41. The Hall–Kier alpha value is -2.88. The fraction of sp³-hybridized carbons (Fsp3) is 0.227. The Bertz CT molecular complexity index is 1040. The highest BCUT2D eigenvalue weighted by Gasteiger charge is 2.23. The third-order valence-corrected chi connectivity index (χ3v) is 5.83. The Morgan fingerprint density at radius 2 is 1.90 bits per heavy atom. The molecule has 3 aromatic rings. The van der Waals surface area contributed by atoms with Gasteiger partial charge in [0, 0.05) is 29.1 Å². The lowest BCUT2D eigenvalue weighted by molar-refractivity contribution is -0.122. The van der Waals surface area contributed by atoms with E-state index in [9.17, 15) is 9.59 Å². The molecular formula is C22H20ClN3O2S. The minimum Gasteiger partial charge on any atom is -0.353 e. The SMILES string of the molecule is N#CCCNC(=O)C(Cc1csc2ccccc12)NC(=O)c1ccc(CCl)cc1. The molecule has 0 spiro atoms. The van der Waals surface area contributed by atoms with Crippen molar-refractivity contribution in [2.75, 3.05) is 6.54 Å². The van der Waals surface area contributed by atoms with Gasteiger partial charge in [0.25, 0.3) is 5.91 Å². The molecule has 29 heavy (non-hydrogen) atoms. The van der Waals surface area contributed by atoms with E-state index in [4.69, 9.17) is 16.9 Å². The second-order valence-electron chi connectivity index (χ2n) is 6.52. The van der Waals surface area contributed by atoms with Crippen LogP contribution >= 0.6 is 22.9 Å². The molecule has 0 fully saturated rings. The largest absolute Gasteiger partial charge is 0.353 e. The lowest BCUT2D eigenvalue weighted by Crippen LogP contribution is -2.48. The third kappa shape index (κ3) is 5.35. The van der Waals surface area contributed by atoms with E-state index in [0.717, 1.165) is 21.2 Å². The number of carbonyl (C=O) groups is 2. The van der Waals surface area contributed by atoms with Crippen molar-refractivity contribution in [1.29, 1.82) is 5.26 Å². The first kappa shape index (κ1) is 20.8. The van der Waals surface area contributed by atoms with Crippen molar-refractivity contribution >= 4 is 44.8 Å². The van der Waals surface area contributed by atoms with Crippen LogP contribution in [0.1, 0.15) is 27.9 Å². The lowest BCUT2D eigenvalue weighted by atomic mass is 10.0. The van der Waals surface area contributed by atoms with E-state index in [1.54, 1.807) is 35.6 Å². The van der Waals surface area contributed by atoms with E-state index >= 15 is 0 Å². The quantitative estimate of drug-likeness (QED) is 0.422. The maximum Gasteiger partial charge on any atom is 0.251 e. The number of thiophene rings is 1. The van der Waals surface area contributed by atoms with Gasteiger partial charge in [0.1, 0.15) is 6.04 Å². The highest BCUT2D eigenvalue weighted by molar-refractivity contribution is 7.17. The van der Waals surface area contributed by atoms with Crippen LogP contribution in [0, 0.1) is 11.3 Å². The van der Waals surface area contributed by atoms with Crippen LogP contribution in [0.2, 0.25) is 0 Å². The summed E-state index contributed by atoms with van der Waals surface area (Å²) in [6.07, 6.45) is 0.585. The molecule has 2 N–H and O–H groups in total. The van der Waals surface area contributed by atoms with Crippen LogP contribution in [-0.4, -0.2) is 24.4 Å². The molecule has 2 amide bonds. The van der Waals surface area contributed by atoms with Crippen molar-refractivity contribution in [3.05, 3.63) is 70.6 Å². The molecule has 5 nitrogen and oxygen atoms in total. The van der Waals surface area contributed by atoms with Crippen LogP contribution in [0.25, 0.3) is 10.1 Å². The zero-order valence-electron chi connectivity index (χ0n) is 15.7. The standard InChI is InChI=1S/C22H20ClN3O2S/c23-13-15-6-8-16(9-7-15)21(27)26-19(22(28)25-11-3-10-24)12-17-14-29-20-5-2-1-4-18(17)20/h1-2,4-9,14,19H,3,11-13H2,(H,25,28)(H,26,27). The van der Waals surface area contributed by atoms with Gasteiger partial charge in [-0.25, -0.2) is 0 Å². The first-order chi connectivity index (χ1) is 14.1. The lowest BCUT2D eigenvalue weighted by Gasteiger charge is -2.18. The number of hydrogen-bond acceptors (Lipinski definition) is 4. The summed E-state index contributed by atoms with van der Waals surface area (Å²) in [4.78, 5) is 25.4. The van der Waals surface area contributed by atoms with Crippen LogP contribution in [0.5, 0.6) is 0 Å². The van der Waals surface area contributed by atoms with Crippen molar-refractivity contribution in [1.82, 2.24) is 10.6 Å². The highest BCUT2D eigenvalue weighted by Crippen LogP contribution is 2.26. The minimum absolute atomic E-state index is 0.216. The second-order valence-corrected chi connectivity index (χ2v) is 7.70. The number of halogens is 1. The molecule has 2 aromatic carbocycles. The summed E-state index contributed by atoms with van der Waals surface area (Å²) in [6, 6.07) is 16.2. The van der Waals surface area contributed by atoms with E-state index in [2.05, 4.69) is 10.6 Å². The monoisotopic (exact) mass is 425 g/mol. The molecule has 3 rings (SSSR count). The number of nitriles is 1. The van der Waals surface area contributed by atoms with Crippen LogP contribution in [0.4, 0.5) is 0 Å². The number of amides is 2. The maximum absolute atomic E-state index is 12.7. The van der Waals surface area contributed by atoms with Crippen LogP contribution < -0.4 is 10.6 Å². The molecule has 148 valence electrons. The first-order valence-electron chi connectivity index (χ1n) is 9.18. The molecule has 0 aliphatic rings. The summed E-state index contributed by atoms with van der Waals surface area (Å²) in [7, 11) is 0. The normalized spacial score (nSPS) is 11.6. The van der Waals surface area contributed by atoms with Crippen molar-refractivity contribution in [2.24, 2.45) is 0 Å². The van der Waals surface area contributed by atoms with Gasteiger partial charge in [-0.05, 0) is 40.1 Å². The summed E-state index contributed by atoms with van der Waals surface area (Å²) in [5, 5.41) is 17.4. The van der Waals surface area contributed by atoms with Crippen LogP contribution in [0.3, 0.4) is 0 Å². The van der Waals surface area contributed by atoms with E-state index in [1.165, 1.54) is 0 Å². The topological polar surface area (TPSA) is 82.0 Å². The molecule has 1 heterocycles. The van der Waals surface area contributed by atoms with Gasteiger partial charge in [-0.1, -0.05) is 30.3 Å². The number of fused-ring (bicyclic) bond motifs is 1. The fourth-order valence-corrected chi connectivity index (χ4v) is 4.13. The number of hydrogen-bond donors (Lipinski definition) is 2. The fourth-order valence-electron chi connectivity index (χ4n) is 2.97. The average molecular weight is 426 g/mol. The number of carbonyl (C=O) groups excluding carboxylic acids is 2. The predicted octanol–water partition coefficient (Wildman–Crippen LogP) is 4.01. The molecule has 0 bridgehead atoms. The summed E-state index contributed by atoms with van der Waals surface area (Å²) in [6.45, 7) is 0.247. The maximum atomic E-state index is 12.7. The molecule has 0 aliphatic carbocycles. The van der Waals surface area contributed by atoms with Gasteiger partial charge in [0.2, 0.25) is 5.91 Å². The molecular weight excluding hydrogens is 406 g/mol. The third-order valence-electron chi connectivity index (χ3n) is 4.51. The number of nitrogens with zero attached hydrogens (tertiary/aromatic N) is 1. The van der Waals surface area contributed by atoms with Gasteiger partial charge >= 0.3 is 0 Å². The Morgan fingerprint density at radius 3 is 2.62 bits per heavy atom. The summed E-state index contributed by atoms with van der Waals surface area (Å²) in [5.74, 6) is -0.260. The van der Waals surface area contributed by atoms with E-state index in [0.29, 0.717) is 17.9 Å². The molecule has 1 aromatic heterocycles. The molecule has 7 heteroatoms. The van der Waals surface area contributed by atoms with E-state index < -0.39 is 6.04 Å². The molecule has 0 saturated carbocycles. The van der Waals surface area contributed by atoms with Crippen LogP contribution in [0.15, 0.2) is 53.9 Å². The Labute approximate surface area is 178 Å². The molecule has 0 aliphatic heterocycles. The first-order valence-corrected chi connectivity index (χ1v) is 10.6. The summed E-state index contributed by atoms with van der Waals surface area (Å²) in [5.41, 5.74) is 2.38. The smallest absolute Gasteiger partial charge is 0.251 e. The van der Waals surface area contributed by atoms with Gasteiger partial charge in [-0.15, -0.1) is 22.9 Å². The van der Waals surface area contributed by atoms with Crippen LogP contribution in [-0.2, 0) is 17.1 Å². The summed E-state index contributed by atoms with van der Waals surface area (Å²) < 4.78 is 1.13. The zero-order chi connectivity index (χ0) is 20.6. The number of nitrogens with one attached hydrogen (secondary N) is 2. The number of benzene rings is 2. The zero-order valence-corrected chi connectivity index (χ0v) is 17.2. The number of rotatable bonds is 8. The molecule has 1 unspecified atom stereocenters. The van der Waals surface area contributed by atoms with Gasteiger partial charge in [0.15, 0.2) is 0 Å². The average Bonchev–Trinajstić information content (AvgIpc) is 3.16. The number of alkyl halides is 1. The van der Waals surface area contributed by atoms with Crippen molar-refractivity contribution < 1.29 is 9.59 Å². The second kappa shape index (κ2) is 10.1. The van der Waals surface area contributed by atoms with E-state index in [1.807, 2.05) is 35.7 Å². The van der Waals surface area contributed by atoms with Gasteiger partial charge in [-0.3, -0.25) is 9.59 Å². The van der Waals surface area contributed by atoms with Gasteiger partial charge < -0.3 is 10.6 Å². The van der Waals surface area contributed by atoms with Gasteiger partial charge in [-0.2, -0.15) is 5.26 Å². The van der Waals surface area contributed by atoms with Gasteiger partial charge in [0.05, 0.1) is 12.5 Å². The van der Waals surface area contributed by atoms with Crippen molar-refractivity contribution in [2.45, 2.75) is 24.8 Å². The van der Waals surface area contributed by atoms with E-state index in [-0.39, 0.29) is 24.8 Å². The minimum atomic E-state index is -0.744. The molecule has 1 atom stereocenters. The Balaban J connectivity index is 1.79.